The molecule has 4 heteroatoms. The fourth-order valence-corrected chi connectivity index (χ4v) is 0.707. The van der Waals surface area contributed by atoms with Crippen molar-refractivity contribution in [2.45, 2.75) is 0 Å². The Morgan fingerprint density at radius 1 is 1.08 bits per heavy atom. The van der Waals surface area contributed by atoms with Gasteiger partial charge >= 0.3 is 51.4 Å². The van der Waals surface area contributed by atoms with Gasteiger partial charge in [0.1, 0.15) is 5.97 Å². The van der Waals surface area contributed by atoms with Crippen LogP contribution in [0, 0.1) is 0 Å². The quantitative estimate of drug-likeness (QED) is 0.276. The maximum Gasteiger partial charge on any atom is 1.00 e. The van der Waals surface area contributed by atoms with Crippen molar-refractivity contribution in [2.75, 3.05) is 0 Å². The average Bonchev–Trinajstić information content (AvgIpc) is 2.05. The molecule has 0 heterocycles. The predicted molar refractivity (Wildman–Crippen MR) is 35.8 cm³/mol. The van der Waals surface area contributed by atoms with Crippen LogP contribution in [0.25, 0.3) is 0 Å². The zero-order valence-corrected chi connectivity index (χ0v) is 9.73. The van der Waals surface area contributed by atoms with Crippen LogP contribution in [0.4, 0.5) is 0 Å². The molecule has 12 heavy (non-hydrogen) atoms. The van der Waals surface area contributed by atoms with Crippen molar-refractivity contribution in [1.82, 2.24) is 0 Å². The molecule has 0 aliphatic carbocycles. The number of ketones is 1. The number of aliphatic carboxylic acids is 1. The zero-order chi connectivity index (χ0) is 8.27. The first-order chi connectivity index (χ1) is 5.22. The summed E-state index contributed by atoms with van der Waals surface area (Å²) in [5.74, 6) is -2.65. The number of rotatable bonds is 2. The zero-order valence-electron chi connectivity index (χ0n) is 6.61. The van der Waals surface area contributed by atoms with E-state index < -0.39 is 11.8 Å². The predicted octanol–water partition coefficient (Wildman–Crippen LogP) is -3.38. The van der Waals surface area contributed by atoms with E-state index in [1.165, 1.54) is 12.1 Å². The average molecular weight is 188 g/mol. The molecule has 0 aromatic heterocycles. The Bertz CT molecular complexity index is 282. The third-order valence-corrected chi connectivity index (χ3v) is 1.22. The molecule has 0 saturated carbocycles. The molecule has 0 aliphatic heterocycles. The molecule has 0 saturated heterocycles. The van der Waals surface area contributed by atoms with E-state index in [0.29, 0.717) is 0 Å². The molecule has 0 amide bonds. The third-order valence-electron chi connectivity index (χ3n) is 1.22. The summed E-state index contributed by atoms with van der Waals surface area (Å²) in [6, 6.07) is 7.74. The Labute approximate surface area is 112 Å². The summed E-state index contributed by atoms with van der Waals surface area (Å²) in [7, 11) is 0. The van der Waals surface area contributed by atoms with Crippen molar-refractivity contribution in [3.8, 4) is 0 Å². The van der Waals surface area contributed by atoms with Gasteiger partial charge in [-0.2, -0.15) is 0 Å². The minimum absolute atomic E-state index is 0. The summed E-state index contributed by atoms with van der Waals surface area (Å²) >= 11 is 0. The molecule has 0 radical (unpaired) electrons. The Morgan fingerprint density at radius 2 is 1.58 bits per heavy atom. The molecular weight excluding hydrogens is 183 g/mol. The second kappa shape index (κ2) is 5.61. The number of carboxylic acids is 1. The fraction of sp³-hybridized carbons (Fsp3) is 0. The SMILES string of the molecule is O=C([O-])C(=O)c1ccccc1.[K+]. The summed E-state index contributed by atoms with van der Waals surface area (Å²) in [6.07, 6.45) is 0. The minimum Gasteiger partial charge on any atom is -0.541 e. The van der Waals surface area contributed by atoms with Gasteiger partial charge in [0.15, 0.2) is 0 Å². The Balaban J connectivity index is 0.00000121. The van der Waals surface area contributed by atoms with Crippen molar-refractivity contribution < 1.29 is 66.1 Å². The van der Waals surface area contributed by atoms with Crippen molar-refractivity contribution in [2.24, 2.45) is 0 Å². The molecule has 1 rings (SSSR count). The molecule has 3 nitrogen and oxygen atoms in total. The first kappa shape index (κ1) is 12.0. The molecule has 1 aromatic carbocycles. The van der Waals surface area contributed by atoms with Crippen molar-refractivity contribution in [1.29, 1.82) is 0 Å². The topological polar surface area (TPSA) is 57.2 Å². The monoisotopic (exact) mass is 188 g/mol. The van der Waals surface area contributed by atoms with E-state index in [0.717, 1.165) is 0 Å². The maximum absolute atomic E-state index is 10.7. The van der Waals surface area contributed by atoms with E-state index in [2.05, 4.69) is 0 Å². The van der Waals surface area contributed by atoms with Crippen molar-refractivity contribution in [3.05, 3.63) is 35.9 Å². The van der Waals surface area contributed by atoms with E-state index in [-0.39, 0.29) is 56.9 Å². The standard InChI is InChI=1S/C8H6O3.K/c9-7(8(10)11)6-4-2-1-3-5-6;/h1-5H,(H,10,11);/q;+1/p-1. The number of benzene rings is 1. The Hall–Kier alpha value is -0.00364. The number of Topliss-reactive ketones (excluding diaryl/α,β-unsaturated/α-hetero) is 1. The fourth-order valence-electron chi connectivity index (χ4n) is 0.707. The Kier molecular flexibility index (Phi) is 5.61. The van der Waals surface area contributed by atoms with Crippen LogP contribution in [-0.2, 0) is 4.79 Å². The van der Waals surface area contributed by atoms with Crippen molar-refractivity contribution >= 4 is 11.8 Å². The molecule has 0 spiro atoms. The number of hydrogen-bond donors (Lipinski definition) is 0. The van der Waals surface area contributed by atoms with E-state index in [9.17, 15) is 14.7 Å². The molecule has 0 N–H and O–H groups in total. The van der Waals surface area contributed by atoms with E-state index in [1.54, 1.807) is 18.2 Å². The second-order valence-corrected chi connectivity index (χ2v) is 1.98. The number of carbonyl (C=O) groups is 2. The minimum atomic E-state index is -1.67. The first-order valence-electron chi connectivity index (χ1n) is 3.02. The second-order valence-electron chi connectivity index (χ2n) is 1.98. The molecule has 56 valence electrons. The summed E-state index contributed by atoms with van der Waals surface area (Å²) < 4.78 is 0. The summed E-state index contributed by atoms with van der Waals surface area (Å²) in [5.41, 5.74) is 0.146. The van der Waals surface area contributed by atoms with Crippen LogP contribution < -0.4 is 56.5 Å². The third kappa shape index (κ3) is 3.16. The van der Waals surface area contributed by atoms with Crippen LogP contribution in [0.15, 0.2) is 30.3 Å². The van der Waals surface area contributed by atoms with Gasteiger partial charge in [-0.25, -0.2) is 0 Å². The van der Waals surface area contributed by atoms with Gasteiger partial charge in [0.2, 0.25) is 5.78 Å². The molecule has 0 unspecified atom stereocenters. The first-order valence-corrected chi connectivity index (χ1v) is 3.02. The van der Waals surface area contributed by atoms with Gasteiger partial charge in [-0.3, -0.25) is 4.79 Å². The normalized spacial score (nSPS) is 8.33. The smallest absolute Gasteiger partial charge is 0.541 e. The molecular formula is C8H5KO3. The van der Waals surface area contributed by atoms with Crippen LogP contribution in [0.1, 0.15) is 10.4 Å². The van der Waals surface area contributed by atoms with Gasteiger partial charge in [-0.1, -0.05) is 30.3 Å². The summed E-state index contributed by atoms with van der Waals surface area (Å²) in [4.78, 5) is 20.7. The summed E-state index contributed by atoms with van der Waals surface area (Å²) in [5, 5.41) is 10.0. The maximum atomic E-state index is 10.7. The van der Waals surface area contributed by atoms with Crippen LogP contribution >= 0.6 is 0 Å². The number of hydrogen-bond acceptors (Lipinski definition) is 3. The Morgan fingerprint density at radius 3 is 2.00 bits per heavy atom. The van der Waals surface area contributed by atoms with Crippen LogP contribution in [0.3, 0.4) is 0 Å². The molecule has 0 bridgehead atoms. The van der Waals surface area contributed by atoms with Gasteiger partial charge in [-0.05, 0) is 0 Å². The van der Waals surface area contributed by atoms with E-state index in [4.69, 9.17) is 0 Å². The molecule has 0 fully saturated rings. The van der Waals surface area contributed by atoms with Crippen LogP contribution in [-0.4, -0.2) is 11.8 Å². The largest absolute Gasteiger partial charge is 1.00 e. The van der Waals surface area contributed by atoms with E-state index >= 15 is 0 Å². The van der Waals surface area contributed by atoms with Crippen LogP contribution in [0.2, 0.25) is 0 Å². The number of carboxylic acid groups (broad SMARTS) is 1. The number of carbonyl (C=O) groups excluding carboxylic acids is 2. The van der Waals surface area contributed by atoms with Gasteiger partial charge < -0.3 is 9.90 Å². The molecule has 0 atom stereocenters. The summed E-state index contributed by atoms with van der Waals surface area (Å²) in [6.45, 7) is 0. The van der Waals surface area contributed by atoms with E-state index in [1.807, 2.05) is 0 Å². The molecule has 0 aliphatic rings. The van der Waals surface area contributed by atoms with Gasteiger partial charge in [0, 0.05) is 5.56 Å². The van der Waals surface area contributed by atoms with Crippen molar-refractivity contribution in [3.63, 3.8) is 0 Å². The van der Waals surface area contributed by atoms with Gasteiger partial charge in [0.05, 0.1) is 0 Å². The molecule has 1 aromatic rings. The van der Waals surface area contributed by atoms with Gasteiger partial charge in [-0.15, -0.1) is 0 Å². The van der Waals surface area contributed by atoms with Crippen LogP contribution in [0.5, 0.6) is 0 Å². The van der Waals surface area contributed by atoms with Gasteiger partial charge in [0.25, 0.3) is 0 Å².